The number of ether oxygens (including phenoxy) is 5. The average Bonchev–Trinajstić information content (AvgIpc) is 0.729. The standard InChI is InChI=1S/C28H29N3O4.C22H23BrN2O3.C21H23N3O4.C16H15N3O2.C7H8O.7CH4.ClH/c1-19-10-13-26(32)31(17-19)22-11-12-24-23(15-22)25(34-18-20-8-6-5-7-9-20)14-21(30-24)16-29-27(33)35-28(2,3)4;1-22(2,3)28-21(26)24-13-17-12-20(27-14-15-7-5-4-6-8-15)18-11-16(23)9-10-19(18)25-17;1-13-5-8-19(26)24(12-13)15-6-7-17-16(10-15)18(25)9-14(23-17)11-22-20(27)28-21(2,3)4;1-10-2-5-16(21)19(9-10)12-3-4-14-13(7-12)15(20)6-11(8-17)18-14;1-6-2-4-7(8)5-3-6;;;;;;;;/h5-15,17H,16,18H2,1-4H3,(H,29,33);4-12H,13-14H2,1-3H3,(H,24,26);5-10,12H,11H2,1-4H3,(H,22,27)(H,23,25);2-7,9H,8,17H2,1H3,(H,18,20);2-4H,5H2,1H3;7*1H4;1H. The minimum Gasteiger partial charge on any atom is -0.488 e. The van der Waals surface area contributed by atoms with Gasteiger partial charge in [-0.3, -0.25) is 52.4 Å². The van der Waals surface area contributed by atoms with E-state index in [9.17, 15) is 43.2 Å². The Kier molecular flexibility index (Phi) is 43.4. The van der Waals surface area contributed by atoms with E-state index in [2.05, 4.69) is 46.8 Å². The number of amides is 3. The fraction of sp³-hybridized carbons (Fsp3) is 0.297. The third kappa shape index (κ3) is 33.2. The maximum atomic E-state index is 12.6. The van der Waals surface area contributed by atoms with Gasteiger partial charge in [-0.15, -0.1) is 12.4 Å². The third-order valence-corrected chi connectivity index (χ3v) is 18.1. The number of aryl methyl sites for hydroxylation is 3. The molecule has 14 rings (SSSR count). The van der Waals surface area contributed by atoms with Crippen molar-refractivity contribution < 1.29 is 42.9 Å². The highest BCUT2D eigenvalue weighted by molar-refractivity contribution is 9.10. The van der Waals surface area contributed by atoms with Crippen LogP contribution in [0.5, 0.6) is 11.5 Å². The molecule has 27 heteroatoms. The molecule has 1 aliphatic rings. The lowest BCUT2D eigenvalue weighted by atomic mass is 10.1. The van der Waals surface area contributed by atoms with Crippen molar-refractivity contribution in [3.63, 3.8) is 0 Å². The Bertz CT molecular complexity index is 6300. The molecule has 7 aromatic heterocycles. The fourth-order valence-electron chi connectivity index (χ4n) is 12.0. The van der Waals surface area contributed by atoms with Crippen LogP contribution in [0, 0.1) is 20.8 Å². The number of carbonyl (C=O) groups excluding carboxylic acids is 4. The van der Waals surface area contributed by atoms with Gasteiger partial charge in [-0.05, 0) is 197 Å². The number of ketones is 1. The van der Waals surface area contributed by atoms with E-state index >= 15 is 0 Å². The molecule has 0 unspecified atom stereocenters. The molecule has 0 radical (unpaired) electrons. The summed E-state index contributed by atoms with van der Waals surface area (Å²) in [6.45, 7) is 25.7. The molecule has 6 aromatic carbocycles. The number of H-pyrrole nitrogens is 2. The van der Waals surface area contributed by atoms with E-state index in [4.69, 9.17) is 34.4 Å². The van der Waals surface area contributed by atoms with Crippen LogP contribution in [0.4, 0.5) is 14.4 Å². The predicted octanol–water partition coefficient (Wildman–Crippen LogP) is 21.7. The van der Waals surface area contributed by atoms with E-state index in [0.29, 0.717) is 86.9 Å². The number of carbonyl (C=O) groups is 4. The van der Waals surface area contributed by atoms with Crippen LogP contribution in [0.15, 0.2) is 265 Å². The summed E-state index contributed by atoms with van der Waals surface area (Å²) >= 11 is 3.50. The van der Waals surface area contributed by atoms with Gasteiger partial charge in [0.1, 0.15) is 41.5 Å². The normalized spacial score (nSPS) is 11.0. The summed E-state index contributed by atoms with van der Waals surface area (Å²) in [7, 11) is 0. The number of hydrogen-bond donors (Lipinski definition) is 6. The molecule has 0 fully saturated rings. The molecule has 684 valence electrons. The molecular weight excluding hydrogens is 1710 g/mol. The van der Waals surface area contributed by atoms with Crippen LogP contribution in [0.25, 0.3) is 60.7 Å². The first-order valence-electron chi connectivity index (χ1n) is 38.7. The number of nitrogens with one attached hydrogen (secondary N) is 5. The van der Waals surface area contributed by atoms with E-state index < -0.39 is 35.1 Å². The number of benzene rings is 6. The van der Waals surface area contributed by atoms with Gasteiger partial charge in [0.15, 0.2) is 16.6 Å². The number of rotatable bonds is 16. The number of nitrogens with zero attached hydrogens (tertiary/aromatic N) is 5. The number of fused-ring (bicyclic) bond motifs is 4. The summed E-state index contributed by atoms with van der Waals surface area (Å²) in [6, 6.07) is 58.2. The smallest absolute Gasteiger partial charge is 0.407 e. The summed E-state index contributed by atoms with van der Waals surface area (Å²) in [5, 5.41) is 10.8. The van der Waals surface area contributed by atoms with E-state index in [0.717, 1.165) is 60.0 Å². The topological polar surface area (TPSA) is 334 Å². The Morgan fingerprint density at radius 2 is 0.789 bits per heavy atom. The van der Waals surface area contributed by atoms with E-state index in [1.54, 1.807) is 111 Å². The maximum Gasteiger partial charge on any atom is 0.407 e. The van der Waals surface area contributed by atoms with Crippen molar-refractivity contribution in [2.45, 2.75) is 205 Å². The van der Waals surface area contributed by atoms with E-state index in [1.165, 1.54) is 39.0 Å². The monoisotopic (exact) mass is 1830 g/mol. The second-order valence-corrected chi connectivity index (χ2v) is 32.3. The van der Waals surface area contributed by atoms with Crippen LogP contribution in [-0.2, 0) is 58.4 Å². The average molecular weight is 1830 g/mol. The first-order chi connectivity index (χ1) is 57.0. The van der Waals surface area contributed by atoms with Gasteiger partial charge >= 0.3 is 18.3 Å². The van der Waals surface area contributed by atoms with Crippen molar-refractivity contribution in [2.24, 2.45) is 5.73 Å². The van der Waals surface area contributed by atoms with Crippen LogP contribution < -0.4 is 58.7 Å². The first-order valence-corrected chi connectivity index (χ1v) is 39.5. The number of halogens is 2. The zero-order valence-electron chi connectivity index (χ0n) is 69.7. The van der Waals surface area contributed by atoms with E-state index in [1.807, 2.05) is 191 Å². The highest BCUT2D eigenvalue weighted by Crippen LogP contribution is 2.32. The van der Waals surface area contributed by atoms with Crippen LogP contribution >= 0.6 is 28.3 Å². The van der Waals surface area contributed by atoms with Crippen molar-refractivity contribution in [2.75, 3.05) is 0 Å². The van der Waals surface area contributed by atoms with Gasteiger partial charge in [0, 0.05) is 140 Å². The Morgan fingerprint density at radius 1 is 0.430 bits per heavy atom. The van der Waals surface area contributed by atoms with Gasteiger partial charge < -0.3 is 55.3 Å². The molecule has 1 aliphatic carbocycles. The molecule has 128 heavy (non-hydrogen) atoms. The van der Waals surface area contributed by atoms with Crippen molar-refractivity contribution in [3.05, 3.63) is 343 Å². The molecule has 0 aliphatic heterocycles. The molecule has 7 N–H and O–H groups in total. The number of aromatic amines is 2. The molecule has 13 aromatic rings. The van der Waals surface area contributed by atoms with Gasteiger partial charge in [0.05, 0.1) is 42.1 Å². The minimum atomic E-state index is -0.592. The second-order valence-electron chi connectivity index (χ2n) is 31.4. The second kappa shape index (κ2) is 50.1. The molecule has 25 nitrogen and oxygen atoms in total. The number of hydrogen-bond acceptors (Lipinski definition) is 17. The van der Waals surface area contributed by atoms with Gasteiger partial charge in [-0.2, -0.15) is 0 Å². The number of aromatic nitrogens is 7. The SMILES string of the molecule is C.C.C.C.C.C.C.CC(C)(C)OC(=O)NCc1cc(OCc2ccccc2)c2cc(Br)ccc2n1.CC1=CCC(=O)C=C1.Cc1ccc(=O)n(-c2ccc3[nH]c(CN)cc(=O)c3c2)c1.Cc1ccc(=O)n(-c2ccc3[nH]c(CNC(=O)OC(C)(C)C)cc(=O)c3c2)c1.Cc1ccc(=O)n(-c2ccc3nc(CNC(=O)OC(C)(C)C)cc(OCc4ccccc4)c3c2)c1.Cl. The molecule has 7 heterocycles. The molecular formula is C101H127BrClN11O14. The highest BCUT2D eigenvalue weighted by atomic mass is 79.9. The molecule has 0 saturated heterocycles. The Hall–Kier alpha value is -13.3. The lowest BCUT2D eigenvalue weighted by Crippen LogP contribution is -2.32. The quantitative estimate of drug-likeness (QED) is 0.0490. The molecule has 0 bridgehead atoms. The van der Waals surface area contributed by atoms with Crippen molar-refractivity contribution >= 4 is 96.0 Å². The van der Waals surface area contributed by atoms with Crippen LogP contribution in [0.2, 0.25) is 0 Å². The highest BCUT2D eigenvalue weighted by Gasteiger charge is 2.21. The lowest BCUT2D eigenvalue weighted by Gasteiger charge is -2.19. The molecule has 3 amide bonds. The Balaban J connectivity index is 0.000000555. The number of nitrogens with two attached hydrogens (primary N) is 1. The number of alkyl carbamates (subject to hydrolysis) is 3. The van der Waals surface area contributed by atoms with Gasteiger partial charge in [-0.1, -0.05) is 165 Å². The van der Waals surface area contributed by atoms with Crippen LogP contribution in [0.1, 0.15) is 178 Å². The zero-order chi connectivity index (χ0) is 86.6. The van der Waals surface area contributed by atoms with Crippen molar-refractivity contribution in [1.82, 2.24) is 49.6 Å². The molecule has 0 spiro atoms. The summed E-state index contributed by atoms with van der Waals surface area (Å²) in [4.78, 5) is 123. The maximum absolute atomic E-state index is 12.6. The largest absolute Gasteiger partial charge is 0.488 e. The van der Waals surface area contributed by atoms with Gasteiger partial charge in [0.25, 0.3) is 16.7 Å². The summed E-state index contributed by atoms with van der Waals surface area (Å²) in [5.41, 5.74) is 16.7. The minimum absolute atomic E-state index is 0. The van der Waals surface area contributed by atoms with Crippen LogP contribution in [0.3, 0.4) is 0 Å². The number of allylic oxidation sites excluding steroid dienone is 4. The lowest BCUT2D eigenvalue weighted by molar-refractivity contribution is -0.113. The Morgan fingerprint density at radius 3 is 1.16 bits per heavy atom. The molecule has 0 atom stereocenters. The molecule has 0 saturated carbocycles. The summed E-state index contributed by atoms with van der Waals surface area (Å²) in [6.07, 6.45) is 9.73. The predicted molar refractivity (Wildman–Crippen MR) is 527 cm³/mol. The summed E-state index contributed by atoms with van der Waals surface area (Å²) < 4.78 is 33.7. The fourth-order valence-corrected chi connectivity index (χ4v) is 12.4. The first kappa shape index (κ1) is 111. The Labute approximate surface area is 765 Å². The number of pyridine rings is 7. The van der Waals surface area contributed by atoms with Crippen molar-refractivity contribution in [1.29, 1.82) is 0 Å². The summed E-state index contributed by atoms with van der Waals surface area (Å²) in [5.74, 6) is 1.54. The van der Waals surface area contributed by atoms with E-state index in [-0.39, 0.29) is 124 Å². The van der Waals surface area contributed by atoms with Crippen LogP contribution in [-0.4, -0.2) is 74.5 Å². The van der Waals surface area contributed by atoms with Gasteiger partial charge in [-0.25, -0.2) is 14.4 Å². The third-order valence-electron chi connectivity index (χ3n) is 17.6. The van der Waals surface area contributed by atoms with Gasteiger partial charge in [0.2, 0.25) is 0 Å². The zero-order valence-corrected chi connectivity index (χ0v) is 72.1. The van der Waals surface area contributed by atoms with Crippen molar-refractivity contribution in [3.8, 4) is 28.6 Å².